The fourth-order valence-corrected chi connectivity index (χ4v) is 1.78. The molecule has 3 heteroatoms. The third-order valence-electron chi connectivity index (χ3n) is 3.06. The molecule has 0 bridgehead atoms. The van der Waals surface area contributed by atoms with Crippen LogP contribution >= 0.6 is 11.6 Å². The van der Waals surface area contributed by atoms with E-state index in [2.05, 4.69) is 37.9 Å². The second kappa shape index (κ2) is 6.24. The van der Waals surface area contributed by atoms with Gasteiger partial charge in [0.05, 0.1) is 0 Å². The van der Waals surface area contributed by atoms with E-state index in [9.17, 15) is 0 Å². The van der Waals surface area contributed by atoms with Crippen LogP contribution in [0, 0.1) is 0 Å². The van der Waals surface area contributed by atoms with Crippen molar-refractivity contribution < 1.29 is 0 Å². The van der Waals surface area contributed by atoms with E-state index < -0.39 is 0 Å². The first-order valence-electron chi connectivity index (χ1n) is 5.75. The lowest BCUT2D eigenvalue weighted by atomic mass is 10.1. The molecular weight excluding hydrogens is 220 g/mol. The number of likely N-dealkylation sites (N-methyl/N-ethyl adjacent to an activating group) is 1. The molecule has 1 aromatic carbocycles. The number of rotatable bonds is 5. The maximum Gasteiger partial charge on any atom is 0.0406 e. The molecule has 0 heterocycles. The SMILES string of the molecule is CCC(N)CN(C)C(C)c1ccc(Cl)cc1. The predicted molar refractivity (Wildman–Crippen MR) is 70.8 cm³/mol. The molecule has 0 aliphatic heterocycles. The molecule has 0 saturated carbocycles. The van der Waals surface area contributed by atoms with Crippen molar-refractivity contribution in [3.8, 4) is 0 Å². The Labute approximate surface area is 103 Å². The van der Waals surface area contributed by atoms with Gasteiger partial charge in [0.2, 0.25) is 0 Å². The van der Waals surface area contributed by atoms with Gasteiger partial charge in [-0.25, -0.2) is 0 Å². The molecule has 1 aromatic rings. The monoisotopic (exact) mass is 240 g/mol. The first kappa shape index (κ1) is 13.5. The van der Waals surface area contributed by atoms with E-state index in [0.717, 1.165) is 18.0 Å². The molecule has 2 nitrogen and oxygen atoms in total. The average Bonchev–Trinajstić information content (AvgIpc) is 2.28. The molecule has 0 amide bonds. The minimum atomic E-state index is 0.250. The topological polar surface area (TPSA) is 29.3 Å². The highest BCUT2D eigenvalue weighted by Gasteiger charge is 2.13. The van der Waals surface area contributed by atoms with E-state index in [-0.39, 0.29) is 6.04 Å². The normalized spacial score (nSPS) is 15.1. The fraction of sp³-hybridized carbons (Fsp3) is 0.538. The summed E-state index contributed by atoms with van der Waals surface area (Å²) in [6.45, 7) is 5.22. The molecule has 0 fully saturated rings. The molecule has 0 aromatic heterocycles. The number of hydrogen-bond acceptors (Lipinski definition) is 2. The van der Waals surface area contributed by atoms with Crippen LogP contribution in [-0.4, -0.2) is 24.5 Å². The van der Waals surface area contributed by atoms with Crippen LogP contribution in [0.5, 0.6) is 0 Å². The van der Waals surface area contributed by atoms with Gasteiger partial charge in [-0.05, 0) is 38.1 Å². The highest BCUT2D eigenvalue weighted by molar-refractivity contribution is 6.30. The van der Waals surface area contributed by atoms with Crippen molar-refractivity contribution in [2.24, 2.45) is 5.73 Å². The van der Waals surface area contributed by atoms with Crippen LogP contribution < -0.4 is 5.73 Å². The van der Waals surface area contributed by atoms with Crippen LogP contribution in [0.15, 0.2) is 24.3 Å². The zero-order valence-corrected chi connectivity index (χ0v) is 11.0. The number of benzene rings is 1. The van der Waals surface area contributed by atoms with Crippen LogP contribution in [0.25, 0.3) is 0 Å². The molecule has 0 aliphatic carbocycles. The Morgan fingerprint density at radius 3 is 2.38 bits per heavy atom. The first-order valence-corrected chi connectivity index (χ1v) is 6.13. The average molecular weight is 241 g/mol. The largest absolute Gasteiger partial charge is 0.327 e. The molecule has 0 aliphatic rings. The summed E-state index contributed by atoms with van der Waals surface area (Å²) >= 11 is 5.87. The fourth-order valence-electron chi connectivity index (χ4n) is 1.65. The standard InChI is InChI=1S/C13H21ClN2/c1-4-13(15)9-16(3)10(2)11-5-7-12(14)8-6-11/h5-8,10,13H,4,9,15H2,1-3H3. The summed E-state index contributed by atoms with van der Waals surface area (Å²) in [5.74, 6) is 0. The lowest BCUT2D eigenvalue weighted by Crippen LogP contribution is -2.36. The molecular formula is C13H21ClN2. The first-order chi connectivity index (χ1) is 7.54. The molecule has 1 rings (SSSR count). The summed E-state index contributed by atoms with van der Waals surface area (Å²) in [7, 11) is 2.11. The van der Waals surface area contributed by atoms with Crippen LogP contribution in [0.1, 0.15) is 31.9 Å². The highest BCUT2D eigenvalue weighted by atomic mass is 35.5. The third-order valence-corrected chi connectivity index (χ3v) is 3.31. The smallest absolute Gasteiger partial charge is 0.0406 e. The molecule has 0 spiro atoms. The molecule has 90 valence electrons. The zero-order chi connectivity index (χ0) is 12.1. The van der Waals surface area contributed by atoms with E-state index in [1.54, 1.807) is 0 Å². The van der Waals surface area contributed by atoms with Gasteiger partial charge in [0.15, 0.2) is 0 Å². The summed E-state index contributed by atoms with van der Waals surface area (Å²) in [6, 6.07) is 8.62. The van der Waals surface area contributed by atoms with E-state index in [1.165, 1.54) is 5.56 Å². The Bertz CT molecular complexity index is 310. The maximum atomic E-state index is 5.95. The minimum absolute atomic E-state index is 0.250. The van der Waals surface area contributed by atoms with Crippen molar-refractivity contribution in [1.82, 2.24) is 4.90 Å². The summed E-state index contributed by atoms with van der Waals surface area (Å²) in [4.78, 5) is 2.28. The highest BCUT2D eigenvalue weighted by Crippen LogP contribution is 2.20. The van der Waals surface area contributed by atoms with Gasteiger partial charge in [-0.3, -0.25) is 4.90 Å². The van der Waals surface area contributed by atoms with E-state index >= 15 is 0 Å². The molecule has 2 unspecified atom stereocenters. The van der Waals surface area contributed by atoms with Crippen molar-refractivity contribution in [1.29, 1.82) is 0 Å². The molecule has 16 heavy (non-hydrogen) atoms. The Morgan fingerprint density at radius 2 is 1.88 bits per heavy atom. The second-order valence-electron chi connectivity index (χ2n) is 4.34. The number of nitrogens with two attached hydrogens (primary N) is 1. The summed E-state index contributed by atoms with van der Waals surface area (Å²) in [6.07, 6.45) is 1.01. The van der Waals surface area contributed by atoms with Crippen LogP contribution in [-0.2, 0) is 0 Å². The summed E-state index contributed by atoms with van der Waals surface area (Å²) in [5, 5.41) is 0.781. The Morgan fingerprint density at radius 1 is 1.31 bits per heavy atom. The van der Waals surface area contributed by atoms with Crippen molar-refractivity contribution >= 4 is 11.6 Å². The number of nitrogens with zero attached hydrogens (tertiary/aromatic N) is 1. The van der Waals surface area contributed by atoms with Gasteiger partial charge < -0.3 is 5.73 Å². The molecule has 2 N–H and O–H groups in total. The summed E-state index contributed by atoms with van der Waals surface area (Å²) in [5.41, 5.74) is 7.22. The van der Waals surface area contributed by atoms with E-state index in [1.807, 2.05) is 12.1 Å². The van der Waals surface area contributed by atoms with E-state index in [0.29, 0.717) is 6.04 Å². The van der Waals surface area contributed by atoms with Crippen molar-refractivity contribution in [2.75, 3.05) is 13.6 Å². The van der Waals surface area contributed by atoms with Crippen molar-refractivity contribution in [3.05, 3.63) is 34.9 Å². The number of halogens is 1. The van der Waals surface area contributed by atoms with Crippen LogP contribution in [0.2, 0.25) is 5.02 Å². The Kier molecular flexibility index (Phi) is 5.26. The van der Waals surface area contributed by atoms with Gasteiger partial charge >= 0.3 is 0 Å². The molecule has 2 atom stereocenters. The quantitative estimate of drug-likeness (QED) is 0.857. The van der Waals surface area contributed by atoms with Gasteiger partial charge in [0.25, 0.3) is 0 Å². The van der Waals surface area contributed by atoms with Gasteiger partial charge in [0, 0.05) is 23.7 Å². The van der Waals surface area contributed by atoms with Crippen molar-refractivity contribution in [2.45, 2.75) is 32.4 Å². The lowest BCUT2D eigenvalue weighted by Gasteiger charge is -2.27. The lowest BCUT2D eigenvalue weighted by molar-refractivity contribution is 0.243. The van der Waals surface area contributed by atoms with Gasteiger partial charge in [-0.2, -0.15) is 0 Å². The minimum Gasteiger partial charge on any atom is -0.327 e. The third kappa shape index (κ3) is 3.78. The second-order valence-corrected chi connectivity index (χ2v) is 4.77. The Hall–Kier alpha value is -0.570. The number of hydrogen-bond donors (Lipinski definition) is 1. The Balaban J connectivity index is 2.62. The van der Waals surface area contributed by atoms with Crippen LogP contribution in [0.3, 0.4) is 0 Å². The van der Waals surface area contributed by atoms with Gasteiger partial charge in [-0.15, -0.1) is 0 Å². The van der Waals surface area contributed by atoms with E-state index in [4.69, 9.17) is 17.3 Å². The van der Waals surface area contributed by atoms with Crippen LogP contribution in [0.4, 0.5) is 0 Å². The maximum absolute atomic E-state index is 5.95. The zero-order valence-electron chi connectivity index (χ0n) is 10.3. The van der Waals surface area contributed by atoms with Gasteiger partial charge in [-0.1, -0.05) is 30.7 Å². The van der Waals surface area contributed by atoms with Crippen molar-refractivity contribution in [3.63, 3.8) is 0 Å². The predicted octanol–water partition coefficient (Wildman–Crippen LogP) is 3.07. The summed E-state index contributed by atoms with van der Waals surface area (Å²) < 4.78 is 0. The molecule has 0 saturated heterocycles. The molecule has 0 radical (unpaired) electrons. The van der Waals surface area contributed by atoms with Gasteiger partial charge in [0.1, 0.15) is 0 Å².